The van der Waals surface area contributed by atoms with Gasteiger partial charge in [0.2, 0.25) is 0 Å². The Hall–Kier alpha value is -3.40. The molecule has 0 aliphatic heterocycles. The van der Waals surface area contributed by atoms with E-state index in [0.29, 0.717) is 22.5 Å². The van der Waals surface area contributed by atoms with Crippen molar-refractivity contribution in [2.45, 2.75) is 91.9 Å². The predicted molar refractivity (Wildman–Crippen MR) is 163 cm³/mol. The van der Waals surface area contributed by atoms with Crippen LogP contribution in [-0.2, 0) is 10.8 Å². The molecular formula is C34H44N2O2. The van der Waals surface area contributed by atoms with Crippen molar-refractivity contribution >= 4 is 23.8 Å². The van der Waals surface area contributed by atoms with E-state index < -0.39 is 0 Å². The fourth-order valence-electron chi connectivity index (χ4n) is 4.26. The van der Waals surface area contributed by atoms with Gasteiger partial charge in [0.05, 0.1) is 11.4 Å². The number of hydrogen-bond donors (Lipinski definition) is 2. The zero-order chi connectivity index (χ0) is 28.4. The van der Waals surface area contributed by atoms with Crippen molar-refractivity contribution in [2.75, 3.05) is 0 Å². The van der Waals surface area contributed by atoms with Crippen molar-refractivity contribution in [2.24, 2.45) is 9.98 Å². The number of phenols is 2. The molecule has 0 aromatic heterocycles. The Morgan fingerprint density at radius 1 is 0.605 bits per heavy atom. The molecular weight excluding hydrogens is 468 g/mol. The van der Waals surface area contributed by atoms with Gasteiger partial charge < -0.3 is 10.2 Å². The van der Waals surface area contributed by atoms with Gasteiger partial charge in [-0.25, -0.2) is 0 Å². The van der Waals surface area contributed by atoms with Gasteiger partial charge in [0.1, 0.15) is 11.5 Å². The topological polar surface area (TPSA) is 65.2 Å². The van der Waals surface area contributed by atoms with Crippen LogP contribution in [0.4, 0.5) is 11.4 Å². The van der Waals surface area contributed by atoms with Crippen LogP contribution in [0.25, 0.3) is 0 Å². The van der Waals surface area contributed by atoms with Gasteiger partial charge in [0, 0.05) is 23.6 Å². The first kappa shape index (κ1) is 29.2. The van der Waals surface area contributed by atoms with E-state index in [4.69, 9.17) is 9.98 Å². The normalized spacial score (nSPS) is 12.9. The minimum Gasteiger partial charge on any atom is -0.507 e. The van der Waals surface area contributed by atoms with E-state index in [1.165, 1.54) is 0 Å². The zero-order valence-electron chi connectivity index (χ0n) is 24.7. The first-order chi connectivity index (χ1) is 17.6. The van der Waals surface area contributed by atoms with Crippen LogP contribution in [0.3, 0.4) is 0 Å². The van der Waals surface area contributed by atoms with Crippen LogP contribution >= 0.6 is 0 Å². The summed E-state index contributed by atoms with van der Waals surface area (Å²) < 4.78 is 0. The summed E-state index contributed by atoms with van der Waals surface area (Å²) in [5, 5.41) is 22.0. The standard InChI is InChI=1S/C34H44N2O2/c1-21(2)27-17-25(33(5,6)7)15-23(31(27)37)19-35-29-13-11-12-14-30(29)36-20-24-16-26(34(8,9)10)18-28(22(3)4)32(24)38/h11-22,37-38H,1-10H3. The van der Waals surface area contributed by atoms with Crippen molar-refractivity contribution in [1.82, 2.24) is 0 Å². The number of para-hydroxylation sites is 2. The van der Waals surface area contributed by atoms with Crippen LogP contribution in [-0.4, -0.2) is 22.6 Å². The van der Waals surface area contributed by atoms with Crippen LogP contribution in [0.2, 0.25) is 0 Å². The second-order valence-corrected chi connectivity index (χ2v) is 12.8. The quantitative estimate of drug-likeness (QED) is 0.323. The number of nitrogens with zero attached hydrogens (tertiary/aromatic N) is 2. The Labute approximate surface area is 229 Å². The van der Waals surface area contributed by atoms with E-state index in [9.17, 15) is 10.2 Å². The molecule has 0 aliphatic carbocycles. The van der Waals surface area contributed by atoms with Gasteiger partial charge >= 0.3 is 0 Å². The van der Waals surface area contributed by atoms with Crippen LogP contribution in [0.15, 0.2) is 58.5 Å². The summed E-state index contributed by atoms with van der Waals surface area (Å²) in [6.45, 7) is 21.4. The van der Waals surface area contributed by atoms with E-state index in [1.807, 2.05) is 36.4 Å². The summed E-state index contributed by atoms with van der Waals surface area (Å²) >= 11 is 0. The average Bonchev–Trinajstić information content (AvgIpc) is 2.81. The molecule has 0 unspecified atom stereocenters. The highest BCUT2D eigenvalue weighted by atomic mass is 16.3. The minimum atomic E-state index is -0.0550. The van der Waals surface area contributed by atoms with Crippen LogP contribution in [0, 0.1) is 0 Å². The summed E-state index contributed by atoms with van der Waals surface area (Å²) in [4.78, 5) is 9.47. The van der Waals surface area contributed by atoms with Gasteiger partial charge in [-0.05, 0) is 69.2 Å². The maximum Gasteiger partial charge on any atom is 0.127 e. The maximum absolute atomic E-state index is 11.0. The summed E-state index contributed by atoms with van der Waals surface area (Å²) in [6, 6.07) is 15.9. The highest BCUT2D eigenvalue weighted by Crippen LogP contribution is 2.37. The molecule has 202 valence electrons. The zero-order valence-corrected chi connectivity index (χ0v) is 24.7. The molecule has 4 nitrogen and oxygen atoms in total. The van der Waals surface area contributed by atoms with Crippen molar-refractivity contribution in [3.8, 4) is 11.5 Å². The van der Waals surface area contributed by atoms with E-state index >= 15 is 0 Å². The van der Waals surface area contributed by atoms with Gasteiger partial charge in [0.15, 0.2) is 0 Å². The van der Waals surface area contributed by atoms with Gasteiger partial charge in [0.25, 0.3) is 0 Å². The maximum atomic E-state index is 11.0. The molecule has 0 heterocycles. The Bertz CT molecular complexity index is 1250. The second kappa shape index (κ2) is 11.1. The smallest absolute Gasteiger partial charge is 0.127 e. The molecule has 0 saturated heterocycles. The average molecular weight is 513 g/mol. The van der Waals surface area contributed by atoms with E-state index in [-0.39, 0.29) is 34.2 Å². The summed E-state index contributed by atoms with van der Waals surface area (Å²) in [5.41, 5.74) is 6.79. The Morgan fingerprint density at radius 3 is 1.24 bits per heavy atom. The molecule has 3 aromatic carbocycles. The van der Waals surface area contributed by atoms with Crippen molar-refractivity contribution in [1.29, 1.82) is 0 Å². The fraction of sp³-hybridized carbons (Fsp3) is 0.412. The molecule has 0 bridgehead atoms. The molecule has 0 saturated carbocycles. The third-order valence-corrected chi connectivity index (χ3v) is 6.88. The molecule has 4 heteroatoms. The lowest BCUT2D eigenvalue weighted by molar-refractivity contribution is 0.461. The van der Waals surface area contributed by atoms with Crippen LogP contribution in [0.5, 0.6) is 11.5 Å². The van der Waals surface area contributed by atoms with Crippen LogP contribution in [0.1, 0.15) is 114 Å². The Balaban J connectivity index is 2.06. The van der Waals surface area contributed by atoms with E-state index in [1.54, 1.807) is 12.4 Å². The van der Waals surface area contributed by atoms with Gasteiger partial charge in [-0.2, -0.15) is 0 Å². The molecule has 0 atom stereocenters. The third-order valence-electron chi connectivity index (χ3n) is 6.88. The van der Waals surface area contributed by atoms with E-state index in [2.05, 4.69) is 81.4 Å². The summed E-state index contributed by atoms with van der Waals surface area (Å²) in [6.07, 6.45) is 3.44. The van der Waals surface area contributed by atoms with Crippen LogP contribution < -0.4 is 0 Å². The first-order valence-corrected chi connectivity index (χ1v) is 13.5. The molecule has 38 heavy (non-hydrogen) atoms. The molecule has 0 radical (unpaired) electrons. The van der Waals surface area contributed by atoms with Crippen molar-refractivity contribution in [3.63, 3.8) is 0 Å². The predicted octanol–water partition coefficient (Wildman–Crippen LogP) is 9.44. The minimum absolute atomic E-state index is 0.0550. The molecule has 0 spiro atoms. The fourth-order valence-corrected chi connectivity index (χ4v) is 4.26. The monoisotopic (exact) mass is 512 g/mol. The third kappa shape index (κ3) is 6.72. The molecule has 3 aromatic rings. The van der Waals surface area contributed by atoms with Gasteiger partial charge in [-0.1, -0.05) is 93.5 Å². The molecule has 2 N–H and O–H groups in total. The van der Waals surface area contributed by atoms with Gasteiger partial charge in [-0.3, -0.25) is 9.98 Å². The van der Waals surface area contributed by atoms with Crippen molar-refractivity contribution in [3.05, 3.63) is 81.9 Å². The molecule has 0 fully saturated rings. The van der Waals surface area contributed by atoms with E-state index in [0.717, 1.165) is 22.3 Å². The summed E-state index contributed by atoms with van der Waals surface area (Å²) in [7, 11) is 0. The van der Waals surface area contributed by atoms with Gasteiger partial charge in [-0.15, -0.1) is 0 Å². The molecule has 0 aliphatic rings. The lowest BCUT2D eigenvalue weighted by Gasteiger charge is -2.23. The largest absolute Gasteiger partial charge is 0.507 e. The number of phenolic OH excluding ortho intramolecular Hbond substituents is 2. The number of aliphatic imine (C=N–C) groups is 2. The molecule has 3 rings (SSSR count). The number of aromatic hydroxyl groups is 2. The number of rotatable bonds is 6. The highest BCUT2D eigenvalue weighted by molar-refractivity contribution is 5.90. The lowest BCUT2D eigenvalue weighted by Crippen LogP contribution is -2.12. The Kier molecular flexibility index (Phi) is 8.55. The number of hydrogen-bond acceptors (Lipinski definition) is 4. The van der Waals surface area contributed by atoms with Crippen molar-refractivity contribution < 1.29 is 10.2 Å². The Morgan fingerprint density at radius 2 is 0.947 bits per heavy atom. The SMILES string of the molecule is CC(C)c1cc(C(C)(C)C)cc(C=Nc2ccccc2N=Cc2cc(C(C)(C)C)cc(C(C)C)c2O)c1O. The lowest BCUT2D eigenvalue weighted by atomic mass is 9.83. The first-order valence-electron chi connectivity index (χ1n) is 13.5. The highest BCUT2D eigenvalue weighted by Gasteiger charge is 2.21. The molecule has 0 amide bonds. The number of benzene rings is 3. The second-order valence-electron chi connectivity index (χ2n) is 12.8. The summed E-state index contributed by atoms with van der Waals surface area (Å²) in [5.74, 6) is 0.910.